The molecule has 0 bridgehead atoms. The van der Waals surface area contributed by atoms with Crippen LogP contribution in [0.25, 0.3) is 0 Å². The van der Waals surface area contributed by atoms with Gasteiger partial charge in [0, 0.05) is 18.4 Å². The number of rotatable bonds is 6. The molecule has 0 amide bonds. The highest BCUT2D eigenvalue weighted by Crippen LogP contribution is 2.13. The Morgan fingerprint density at radius 2 is 1.80 bits per heavy atom. The predicted molar refractivity (Wildman–Crippen MR) is 75.5 cm³/mol. The zero-order valence-corrected chi connectivity index (χ0v) is 11.4. The van der Waals surface area contributed by atoms with E-state index in [2.05, 4.69) is 10.3 Å². The maximum absolute atomic E-state index is 13.2. The van der Waals surface area contributed by atoms with Gasteiger partial charge in [-0.2, -0.15) is 0 Å². The van der Waals surface area contributed by atoms with Crippen LogP contribution >= 0.6 is 0 Å². The Hall–Kier alpha value is -1.81. The fraction of sp³-hybridized carbons (Fsp3) is 0.312. The molecule has 0 spiro atoms. The van der Waals surface area contributed by atoms with Crippen LogP contribution in [-0.2, 0) is 12.8 Å². The zero-order chi connectivity index (χ0) is 14.4. The third-order valence-electron chi connectivity index (χ3n) is 3.41. The van der Waals surface area contributed by atoms with Gasteiger partial charge in [0.2, 0.25) is 0 Å². The first kappa shape index (κ1) is 14.6. The third kappa shape index (κ3) is 4.10. The highest BCUT2D eigenvalue weighted by molar-refractivity contribution is 5.19. The summed E-state index contributed by atoms with van der Waals surface area (Å²) in [6.07, 6.45) is 6.09. The minimum Gasteiger partial charge on any atom is -0.317 e. The molecule has 2 rings (SSSR count). The van der Waals surface area contributed by atoms with Gasteiger partial charge in [-0.1, -0.05) is 6.07 Å². The van der Waals surface area contributed by atoms with Gasteiger partial charge >= 0.3 is 0 Å². The number of hydrogen-bond donors (Lipinski definition) is 1. The summed E-state index contributed by atoms with van der Waals surface area (Å²) in [7, 11) is 1.89. The SMILES string of the molecule is CNC(CCc1ccncc1)Cc1ccc(F)c(F)c1. The van der Waals surface area contributed by atoms with Crippen LogP contribution < -0.4 is 5.32 Å². The van der Waals surface area contributed by atoms with Crippen molar-refractivity contribution >= 4 is 0 Å². The smallest absolute Gasteiger partial charge is 0.159 e. The summed E-state index contributed by atoms with van der Waals surface area (Å²) in [5, 5.41) is 3.22. The summed E-state index contributed by atoms with van der Waals surface area (Å²) in [6, 6.07) is 8.30. The molecule has 0 aliphatic carbocycles. The van der Waals surface area contributed by atoms with E-state index in [1.54, 1.807) is 18.5 Å². The third-order valence-corrected chi connectivity index (χ3v) is 3.41. The quantitative estimate of drug-likeness (QED) is 0.877. The van der Waals surface area contributed by atoms with E-state index < -0.39 is 11.6 Å². The first-order valence-electron chi connectivity index (χ1n) is 6.69. The largest absolute Gasteiger partial charge is 0.317 e. The fourth-order valence-electron chi connectivity index (χ4n) is 2.19. The van der Waals surface area contributed by atoms with Crippen molar-refractivity contribution in [3.8, 4) is 0 Å². The number of pyridine rings is 1. The molecule has 0 fully saturated rings. The Balaban J connectivity index is 1.93. The van der Waals surface area contributed by atoms with Crippen molar-refractivity contribution in [3.05, 3.63) is 65.5 Å². The van der Waals surface area contributed by atoms with E-state index in [1.807, 2.05) is 19.2 Å². The van der Waals surface area contributed by atoms with Gasteiger partial charge in [-0.05, 0) is 61.7 Å². The summed E-state index contributed by atoms with van der Waals surface area (Å²) < 4.78 is 26.1. The minimum absolute atomic E-state index is 0.230. The van der Waals surface area contributed by atoms with Crippen molar-refractivity contribution in [2.24, 2.45) is 0 Å². The van der Waals surface area contributed by atoms with Crippen LogP contribution in [0.5, 0.6) is 0 Å². The molecular weight excluding hydrogens is 258 g/mol. The summed E-state index contributed by atoms with van der Waals surface area (Å²) in [4.78, 5) is 3.99. The zero-order valence-electron chi connectivity index (χ0n) is 11.4. The van der Waals surface area contributed by atoms with Gasteiger partial charge in [-0.15, -0.1) is 0 Å². The second-order valence-corrected chi connectivity index (χ2v) is 4.83. The van der Waals surface area contributed by atoms with Crippen LogP contribution in [0.15, 0.2) is 42.7 Å². The molecule has 1 heterocycles. The molecule has 106 valence electrons. The van der Waals surface area contributed by atoms with E-state index >= 15 is 0 Å². The Bertz CT molecular complexity index is 543. The number of benzene rings is 1. The van der Waals surface area contributed by atoms with E-state index in [0.717, 1.165) is 18.4 Å². The van der Waals surface area contributed by atoms with Gasteiger partial charge in [0.15, 0.2) is 11.6 Å². The number of hydrogen-bond acceptors (Lipinski definition) is 2. The Kier molecular flexibility index (Phi) is 5.18. The van der Waals surface area contributed by atoms with Crippen molar-refractivity contribution < 1.29 is 8.78 Å². The Morgan fingerprint density at radius 3 is 2.45 bits per heavy atom. The van der Waals surface area contributed by atoms with Crippen molar-refractivity contribution in [2.45, 2.75) is 25.3 Å². The lowest BCUT2D eigenvalue weighted by molar-refractivity contribution is 0.497. The van der Waals surface area contributed by atoms with Gasteiger partial charge in [0.05, 0.1) is 0 Å². The lowest BCUT2D eigenvalue weighted by atomic mass is 9.99. The summed E-state index contributed by atoms with van der Waals surface area (Å²) in [6.45, 7) is 0. The molecule has 0 aliphatic heterocycles. The normalized spacial score (nSPS) is 12.3. The highest BCUT2D eigenvalue weighted by atomic mass is 19.2. The van der Waals surface area contributed by atoms with Crippen molar-refractivity contribution in [2.75, 3.05) is 7.05 Å². The molecule has 2 aromatic rings. The molecule has 1 aromatic heterocycles. The first-order valence-corrected chi connectivity index (χ1v) is 6.69. The van der Waals surface area contributed by atoms with Gasteiger partial charge in [0.25, 0.3) is 0 Å². The second kappa shape index (κ2) is 7.10. The molecule has 1 N–H and O–H groups in total. The topological polar surface area (TPSA) is 24.9 Å². The van der Waals surface area contributed by atoms with E-state index in [4.69, 9.17) is 0 Å². The molecule has 20 heavy (non-hydrogen) atoms. The monoisotopic (exact) mass is 276 g/mol. The molecule has 1 unspecified atom stereocenters. The van der Waals surface area contributed by atoms with E-state index in [-0.39, 0.29) is 6.04 Å². The van der Waals surface area contributed by atoms with Gasteiger partial charge in [0.1, 0.15) is 0 Å². The number of nitrogens with one attached hydrogen (secondary N) is 1. The summed E-state index contributed by atoms with van der Waals surface area (Å²) in [5.74, 6) is -1.59. The van der Waals surface area contributed by atoms with Gasteiger partial charge < -0.3 is 5.32 Å². The van der Waals surface area contributed by atoms with Gasteiger partial charge in [-0.25, -0.2) is 8.78 Å². The minimum atomic E-state index is -0.799. The average molecular weight is 276 g/mol. The lowest BCUT2D eigenvalue weighted by Crippen LogP contribution is -2.28. The number of halogens is 2. The average Bonchev–Trinajstić information content (AvgIpc) is 2.48. The van der Waals surface area contributed by atoms with Crippen LogP contribution in [-0.4, -0.2) is 18.1 Å². The fourth-order valence-corrected chi connectivity index (χ4v) is 2.19. The number of aryl methyl sites for hydroxylation is 1. The Labute approximate surface area is 117 Å². The standard InChI is InChI=1S/C16H18F2N2/c1-19-14(4-2-12-6-8-20-9-7-12)10-13-3-5-15(17)16(18)11-13/h3,5-9,11,14,19H,2,4,10H2,1H3. The highest BCUT2D eigenvalue weighted by Gasteiger charge is 2.10. The van der Waals surface area contributed by atoms with Crippen molar-refractivity contribution in [1.29, 1.82) is 0 Å². The number of aromatic nitrogens is 1. The molecular formula is C16H18F2N2. The van der Waals surface area contributed by atoms with Gasteiger partial charge in [-0.3, -0.25) is 4.98 Å². The van der Waals surface area contributed by atoms with Crippen molar-refractivity contribution in [1.82, 2.24) is 10.3 Å². The summed E-state index contributed by atoms with van der Waals surface area (Å²) in [5.41, 5.74) is 2.03. The van der Waals surface area contributed by atoms with Crippen LogP contribution in [0.4, 0.5) is 8.78 Å². The number of likely N-dealkylation sites (N-methyl/N-ethyl adjacent to an activating group) is 1. The van der Waals surface area contributed by atoms with Crippen LogP contribution in [0, 0.1) is 11.6 Å². The van der Waals surface area contributed by atoms with Crippen LogP contribution in [0.3, 0.4) is 0 Å². The molecule has 0 radical (unpaired) electrons. The molecule has 4 heteroatoms. The van der Waals surface area contributed by atoms with E-state index in [0.29, 0.717) is 6.42 Å². The van der Waals surface area contributed by atoms with Crippen LogP contribution in [0.1, 0.15) is 17.5 Å². The van der Waals surface area contributed by atoms with E-state index in [9.17, 15) is 8.78 Å². The molecule has 2 nitrogen and oxygen atoms in total. The van der Waals surface area contributed by atoms with E-state index in [1.165, 1.54) is 17.7 Å². The second-order valence-electron chi connectivity index (χ2n) is 4.83. The molecule has 0 saturated heterocycles. The Morgan fingerprint density at radius 1 is 1.05 bits per heavy atom. The molecule has 1 aromatic carbocycles. The van der Waals surface area contributed by atoms with Crippen LogP contribution in [0.2, 0.25) is 0 Å². The molecule has 0 saturated carbocycles. The predicted octanol–water partition coefficient (Wildman–Crippen LogP) is 3.12. The summed E-state index contributed by atoms with van der Waals surface area (Å²) >= 11 is 0. The molecule has 0 aliphatic rings. The maximum Gasteiger partial charge on any atom is 0.159 e. The van der Waals surface area contributed by atoms with Crippen molar-refractivity contribution in [3.63, 3.8) is 0 Å². The maximum atomic E-state index is 13.2. The first-order chi connectivity index (χ1) is 9.69. The number of nitrogens with zero attached hydrogens (tertiary/aromatic N) is 1. The lowest BCUT2D eigenvalue weighted by Gasteiger charge is -2.16. The molecule has 1 atom stereocenters.